The lowest BCUT2D eigenvalue weighted by atomic mass is 9.94. The molecule has 0 bridgehead atoms. The van der Waals surface area contributed by atoms with Gasteiger partial charge in [-0.3, -0.25) is 0 Å². The van der Waals surface area contributed by atoms with Gasteiger partial charge in [0.1, 0.15) is 17.7 Å². The van der Waals surface area contributed by atoms with E-state index < -0.39 is 0 Å². The molecule has 1 N–H and O–H groups in total. The molecule has 3 heteroatoms. The van der Waals surface area contributed by atoms with Crippen LogP contribution in [0.3, 0.4) is 0 Å². The van der Waals surface area contributed by atoms with Crippen LogP contribution >= 0.6 is 0 Å². The Labute approximate surface area is 115 Å². The summed E-state index contributed by atoms with van der Waals surface area (Å²) in [6, 6.07) is 5.36. The van der Waals surface area contributed by atoms with Crippen LogP contribution in [0, 0.1) is 11.7 Å². The second-order valence-corrected chi connectivity index (χ2v) is 5.73. The Kier molecular flexibility index (Phi) is 4.81. The summed E-state index contributed by atoms with van der Waals surface area (Å²) in [6.07, 6.45) is 3.23. The SMILES string of the molecule is CCNC(C)CC(C)CC1Cc2cc(F)ccc2O1. The maximum absolute atomic E-state index is 13.1. The third-order valence-electron chi connectivity index (χ3n) is 3.74. The highest BCUT2D eigenvalue weighted by Crippen LogP contribution is 2.32. The van der Waals surface area contributed by atoms with E-state index >= 15 is 0 Å². The summed E-state index contributed by atoms with van der Waals surface area (Å²) in [5.74, 6) is 1.30. The largest absolute Gasteiger partial charge is 0.490 e. The van der Waals surface area contributed by atoms with E-state index in [9.17, 15) is 4.39 Å². The molecule has 1 aliphatic heterocycles. The molecule has 0 amide bonds. The van der Waals surface area contributed by atoms with Crippen molar-refractivity contribution in [3.63, 3.8) is 0 Å². The van der Waals surface area contributed by atoms with Gasteiger partial charge in [0.25, 0.3) is 0 Å². The molecule has 0 saturated carbocycles. The molecule has 0 radical (unpaired) electrons. The second kappa shape index (κ2) is 6.38. The van der Waals surface area contributed by atoms with Crippen molar-refractivity contribution in [1.29, 1.82) is 0 Å². The monoisotopic (exact) mass is 265 g/mol. The van der Waals surface area contributed by atoms with Gasteiger partial charge in [-0.2, -0.15) is 0 Å². The van der Waals surface area contributed by atoms with Gasteiger partial charge >= 0.3 is 0 Å². The summed E-state index contributed by atoms with van der Waals surface area (Å²) in [5, 5.41) is 3.44. The summed E-state index contributed by atoms with van der Waals surface area (Å²) in [5.41, 5.74) is 1.01. The summed E-state index contributed by atoms with van der Waals surface area (Å²) in [7, 11) is 0. The third kappa shape index (κ3) is 3.93. The van der Waals surface area contributed by atoms with E-state index in [1.165, 1.54) is 6.07 Å². The van der Waals surface area contributed by atoms with E-state index in [-0.39, 0.29) is 11.9 Å². The van der Waals surface area contributed by atoms with Crippen molar-refractivity contribution in [2.75, 3.05) is 6.54 Å². The molecule has 3 atom stereocenters. The summed E-state index contributed by atoms with van der Waals surface area (Å²) < 4.78 is 19.0. The summed E-state index contributed by atoms with van der Waals surface area (Å²) in [4.78, 5) is 0. The van der Waals surface area contributed by atoms with Crippen LogP contribution in [-0.4, -0.2) is 18.7 Å². The Morgan fingerprint density at radius 3 is 2.95 bits per heavy atom. The first-order chi connectivity index (χ1) is 9.08. The van der Waals surface area contributed by atoms with Crippen molar-refractivity contribution in [3.8, 4) is 5.75 Å². The van der Waals surface area contributed by atoms with Crippen molar-refractivity contribution >= 4 is 0 Å². The molecule has 1 aromatic rings. The number of hydrogen-bond acceptors (Lipinski definition) is 2. The quantitative estimate of drug-likeness (QED) is 0.849. The first-order valence-electron chi connectivity index (χ1n) is 7.27. The van der Waals surface area contributed by atoms with Crippen molar-refractivity contribution < 1.29 is 9.13 Å². The second-order valence-electron chi connectivity index (χ2n) is 5.73. The molecule has 2 rings (SSSR count). The Hall–Kier alpha value is -1.09. The van der Waals surface area contributed by atoms with Crippen LogP contribution in [0.25, 0.3) is 0 Å². The van der Waals surface area contributed by atoms with E-state index in [0.717, 1.165) is 37.1 Å². The van der Waals surface area contributed by atoms with Crippen LogP contribution in [0.5, 0.6) is 5.75 Å². The number of hydrogen-bond donors (Lipinski definition) is 1. The first kappa shape index (κ1) is 14.3. The molecular formula is C16H24FNO. The van der Waals surface area contributed by atoms with Gasteiger partial charge < -0.3 is 10.1 Å². The third-order valence-corrected chi connectivity index (χ3v) is 3.74. The Morgan fingerprint density at radius 1 is 1.42 bits per heavy atom. The molecule has 0 aromatic heterocycles. The molecule has 1 aromatic carbocycles. The zero-order chi connectivity index (χ0) is 13.8. The minimum Gasteiger partial charge on any atom is -0.490 e. The van der Waals surface area contributed by atoms with Crippen LogP contribution in [0.1, 0.15) is 39.2 Å². The van der Waals surface area contributed by atoms with Gasteiger partial charge in [-0.15, -0.1) is 0 Å². The van der Waals surface area contributed by atoms with Crippen molar-refractivity contribution in [3.05, 3.63) is 29.6 Å². The summed E-state index contributed by atoms with van der Waals surface area (Å²) >= 11 is 0. The van der Waals surface area contributed by atoms with Crippen molar-refractivity contribution in [1.82, 2.24) is 5.32 Å². The van der Waals surface area contributed by atoms with E-state index in [1.54, 1.807) is 12.1 Å². The maximum Gasteiger partial charge on any atom is 0.123 e. The number of fused-ring (bicyclic) bond motifs is 1. The van der Waals surface area contributed by atoms with E-state index in [0.29, 0.717) is 12.0 Å². The molecule has 3 unspecified atom stereocenters. The van der Waals surface area contributed by atoms with Crippen molar-refractivity contribution in [2.45, 2.75) is 52.2 Å². The molecular weight excluding hydrogens is 241 g/mol. The van der Waals surface area contributed by atoms with E-state index in [1.807, 2.05) is 0 Å². The standard InChI is InChI=1S/C16H24FNO/c1-4-18-12(3)7-11(2)8-15-10-13-9-14(17)5-6-16(13)19-15/h5-6,9,11-12,15,18H,4,7-8,10H2,1-3H3. The van der Waals surface area contributed by atoms with Gasteiger partial charge in [0.2, 0.25) is 0 Å². The number of ether oxygens (including phenoxy) is 1. The maximum atomic E-state index is 13.1. The highest BCUT2D eigenvalue weighted by Gasteiger charge is 2.25. The first-order valence-corrected chi connectivity index (χ1v) is 7.27. The lowest BCUT2D eigenvalue weighted by molar-refractivity contribution is 0.191. The van der Waals surface area contributed by atoms with Crippen LogP contribution in [-0.2, 0) is 6.42 Å². The van der Waals surface area contributed by atoms with E-state index in [2.05, 4.69) is 26.1 Å². The van der Waals surface area contributed by atoms with Gasteiger partial charge in [0.05, 0.1) is 0 Å². The number of rotatable bonds is 6. The molecule has 0 spiro atoms. The predicted molar refractivity (Wildman–Crippen MR) is 76.1 cm³/mol. The van der Waals surface area contributed by atoms with Crippen LogP contribution in [0.15, 0.2) is 18.2 Å². The molecule has 1 heterocycles. The molecule has 0 saturated heterocycles. The fourth-order valence-corrected chi connectivity index (χ4v) is 3.00. The molecule has 0 aliphatic carbocycles. The minimum atomic E-state index is -0.170. The normalized spacial score (nSPS) is 20.7. The number of nitrogens with one attached hydrogen (secondary N) is 1. The van der Waals surface area contributed by atoms with E-state index in [4.69, 9.17) is 4.74 Å². The van der Waals surface area contributed by atoms with Crippen LogP contribution < -0.4 is 10.1 Å². The highest BCUT2D eigenvalue weighted by atomic mass is 19.1. The molecule has 2 nitrogen and oxygen atoms in total. The Morgan fingerprint density at radius 2 is 2.21 bits per heavy atom. The highest BCUT2D eigenvalue weighted by molar-refractivity contribution is 5.37. The average Bonchev–Trinajstić information content (AvgIpc) is 2.70. The Bertz CT molecular complexity index is 421. The molecule has 0 fully saturated rings. The van der Waals surface area contributed by atoms with Crippen molar-refractivity contribution in [2.24, 2.45) is 5.92 Å². The van der Waals surface area contributed by atoms with Gasteiger partial charge in [-0.05, 0) is 50.4 Å². The van der Waals surface area contributed by atoms with Gasteiger partial charge in [-0.1, -0.05) is 13.8 Å². The summed E-state index contributed by atoms with van der Waals surface area (Å²) in [6.45, 7) is 7.63. The lowest BCUT2D eigenvalue weighted by Crippen LogP contribution is -2.29. The predicted octanol–water partition coefficient (Wildman–Crippen LogP) is 3.54. The van der Waals surface area contributed by atoms with Gasteiger partial charge in [0, 0.05) is 18.0 Å². The van der Waals surface area contributed by atoms with Gasteiger partial charge in [-0.25, -0.2) is 4.39 Å². The van der Waals surface area contributed by atoms with Crippen LogP contribution in [0.4, 0.5) is 4.39 Å². The minimum absolute atomic E-state index is 0.170. The molecule has 19 heavy (non-hydrogen) atoms. The molecule has 1 aliphatic rings. The lowest BCUT2D eigenvalue weighted by Gasteiger charge is -2.20. The van der Waals surface area contributed by atoms with Gasteiger partial charge in [0.15, 0.2) is 0 Å². The zero-order valence-corrected chi connectivity index (χ0v) is 12.1. The topological polar surface area (TPSA) is 21.3 Å². The average molecular weight is 265 g/mol. The fraction of sp³-hybridized carbons (Fsp3) is 0.625. The molecule has 106 valence electrons. The number of benzene rings is 1. The smallest absolute Gasteiger partial charge is 0.123 e. The van der Waals surface area contributed by atoms with Crippen LogP contribution in [0.2, 0.25) is 0 Å². The number of halogens is 1. The Balaban J connectivity index is 1.83. The fourth-order valence-electron chi connectivity index (χ4n) is 3.00. The zero-order valence-electron chi connectivity index (χ0n) is 12.1.